The van der Waals surface area contributed by atoms with Crippen LogP contribution in [0.5, 0.6) is 0 Å². The van der Waals surface area contributed by atoms with Crippen molar-refractivity contribution >= 4 is 28.9 Å². The van der Waals surface area contributed by atoms with Gasteiger partial charge in [-0.3, -0.25) is 4.79 Å². The zero-order chi connectivity index (χ0) is 23.1. The van der Waals surface area contributed by atoms with Crippen molar-refractivity contribution in [1.82, 2.24) is 0 Å². The first-order valence-electron chi connectivity index (χ1n) is 9.85. The van der Waals surface area contributed by atoms with E-state index >= 15 is 0 Å². The second-order valence-electron chi connectivity index (χ2n) is 6.80. The first-order chi connectivity index (χ1) is 15.3. The molecule has 0 aliphatic heterocycles. The summed E-state index contributed by atoms with van der Waals surface area (Å²) in [5, 5.41) is 2.82. The van der Waals surface area contributed by atoms with Gasteiger partial charge in [0.05, 0.1) is 16.8 Å². The fourth-order valence-electron chi connectivity index (χ4n) is 3.09. The van der Waals surface area contributed by atoms with Crippen LogP contribution in [0, 0.1) is 0 Å². The fraction of sp³-hybridized carbons (Fsp3) is 0.167. The molecule has 0 unspecified atom stereocenters. The summed E-state index contributed by atoms with van der Waals surface area (Å²) in [5.74, 6) is -1.16. The molecule has 0 atom stereocenters. The van der Waals surface area contributed by atoms with Crippen LogP contribution in [0.15, 0.2) is 78.9 Å². The first kappa shape index (κ1) is 22.9. The number of carbonyl (C=O) groups excluding carboxylic acids is 2. The predicted octanol–water partition coefficient (Wildman–Crippen LogP) is 5.66. The maximum atomic E-state index is 13.0. The topological polar surface area (TPSA) is 58.6 Å². The Morgan fingerprint density at radius 1 is 0.938 bits per heavy atom. The van der Waals surface area contributed by atoms with Gasteiger partial charge in [-0.25, -0.2) is 4.79 Å². The number of ether oxygens (including phenoxy) is 1. The van der Waals surface area contributed by atoms with E-state index in [2.05, 4.69) is 5.32 Å². The summed E-state index contributed by atoms with van der Waals surface area (Å²) in [6.45, 7) is 1.73. The van der Waals surface area contributed by atoms with Gasteiger partial charge in [-0.05, 0) is 49.4 Å². The SMILES string of the molecule is CCN(C(=O)COC(=O)c1ccccc1Nc1cccc(C(F)(F)F)c1)c1ccccc1. The van der Waals surface area contributed by atoms with E-state index in [1.807, 2.05) is 6.07 Å². The monoisotopic (exact) mass is 442 g/mol. The molecule has 3 aromatic carbocycles. The molecule has 0 aromatic heterocycles. The quantitative estimate of drug-likeness (QED) is 0.480. The molecule has 1 amide bonds. The molecular weight excluding hydrogens is 421 g/mol. The first-order valence-corrected chi connectivity index (χ1v) is 9.85. The fourth-order valence-corrected chi connectivity index (χ4v) is 3.09. The number of nitrogens with one attached hydrogen (secondary N) is 1. The second-order valence-corrected chi connectivity index (χ2v) is 6.80. The summed E-state index contributed by atoms with van der Waals surface area (Å²) in [5.41, 5.74) is 0.397. The average Bonchev–Trinajstić information content (AvgIpc) is 2.79. The summed E-state index contributed by atoms with van der Waals surface area (Å²) in [6.07, 6.45) is -4.49. The number of nitrogens with zero attached hydrogens (tertiary/aromatic N) is 1. The summed E-state index contributed by atoms with van der Waals surface area (Å²) >= 11 is 0. The molecule has 3 aromatic rings. The summed E-state index contributed by atoms with van der Waals surface area (Å²) in [6, 6.07) is 19.9. The molecule has 8 heteroatoms. The minimum atomic E-state index is -4.49. The number of hydrogen-bond acceptors (Lipinski definition) is 4. The van der Waals surface area contributed by atoms with Crippen molar-refractivity contribution in [3.05, 3.63) is 90.0 Å². The number of anilines is 3. The molecule has 0 fully saturated rings. The van der Waals surface area contributed by atoms with Gasteiger partial charge in [0.2, 0.25) is 0 Å². The highest BCUT2D eigenvalue weighted by molar-refractivity contribution is 5.99. The minimum absolute atomic E-state index is 0.0977. The third-order valence-corrected chi connectivity index (χ3v) is 4.63. The molecule has 32 heavy (non-hydrogen) atoms. The number of halogens is 3. The van der Waals surface area contributed by atoms with Gasteiger partial charge in [0.15, 0.2) is 6.61 Å². The lowest BCUT2D eigenvalue weighted by molar-refractivity contribution is -0.137. The molecular formula is C24H21F3N2O3. The Kier molecular flexibility index (Phi) is 7.14. The van der Waals surface area contributed by atoms with Crippen LogP contribution in [0.2, 0.25) is 0 Å². The van der Waals surface area contributed by atoms with Gasteiger partial charge in [-0.2, -0.15) is 13.2 Å². The van der Waals surface area contributed by atoms with E-state index in [0.29, 0.717) is 12.2 Å². The van der Waals surface area contributed by atoms with Crippen molar-refractivity contribution in [3.63, 3.8) is 0 Å². The van der Waals surface area contributed by atoms with Crippen molar-refractivity contribution in [1.29, 1.82) is 0 Å². The zero-order valence-electron chi connectivity index (χ0n) is 17.2. The Hall–Kier alpha value is -3.81. The van der Waals surface area contributed by atoms with Crippen LogP contribution < -0.4 is 10.2 Å². The van der Waals surface area contributed by atoms with E-state index in [9.17, 15) is 22.8 Å². The Morgan fingerprint density at radius 3 is 2.31 bits per heavy atom. The van der Waals surface area contributed by atoms with Crippen molar-refractivity contribution < 1.29 is 27.5 Å². The van der Waals surface area contributed by atoms with Crippen molar-refractivity contribution in [2.45, 2.75) is 13.1 Å². The molecule has 0 saturated carbocycles. The van der Waals surface area contributed by atoms with Gasteiger partial charge in [-0.15, -0.1) is 0 Å². The Morgan fingerprint density at radius 2 is 1.62 bits per heavy atom. The highest BCUT2D eigenvalue weighted by atomic mass is 19.4. The smallest absolute Gasteiger partial charge is 0.416 e. The summed E-state index contributed by atoms with van der Waals surface area (Å²) in [7, 11) is 0. The van der Waals surface area contributed by atoms with Gasteiger partial charge in [-0.1, -0.05) is 36.4 Å². The third kappa shape index (κ3) is 5.66. The number of alkyl halides is 3. The molecule has 0 aliphatic carbocycles. The molecule has 0 spiro atoms. The molecule has 1 N–H and O–H groups in total. The largest absolute Gasteiger partial charge is 0.452 e. The van der Waals surface area contributed by atoms with E-state index in [0.717, 1.165) is 12.1 Å². The van der Waals surface area contributed by atoms with Gasteiger partial charge in [0, 0.05) is 17.9 Å². The van der Waals surface area contributed by atoms with E-state index in [1.54, 1.807) is 49.4 Å². The number of para-hydroxylation sites is 2. The van der Waals surface area contributed by atoms with Crippen LogP contribution >= 0.6 is 0 Å². The van der Waals surface area contributed by atoms with Crippen molar-refractivity contribution in [2.75, 3.05) is 23.4 Å². The lowest BCUT2D eigenvalue weighted by Crippen LogP contribution is -2.34. The van der Waals surface area contributed by atoms with Gasteiger partial charge in [0.1, 0.15) is 0 Å². The lowest BCUT2D eigenvalue weighted by atomic mass is 10.1. The maximum absolute atomic E-state index is 13.0. The highest BCUT2D eigenvalue weighted by Gasteiger charge is 2.30. The number of rotatable bonds is 7. The van der Waals surface area contributed by atoms with Gasteiger partial charge in [0.25, 0.3) is 5.91 Å². The highest BCUT2D eigenvalue weighted by Crippen LogP contribution is 2.32. The molecule has 166 valence electrons. The van der Waals surface area contributed by atoms with Crippen LogP contribution in [0.25, 0.3) is 0 Å². The third-order valence-electron chi connectivity index (χ3n) is 4.63. The van der Waals surface area contributed by atoms with E-state index < -0.39 is 30.2 Å². The number of esters is 1. The molecule has 0 saturated heterocycles. The number of hydrogen-bond donors (Lipinski definition) is 1. The van der Waals surface area contributed by atoms with E-state index in [-0.39, 0.29) is 16.9 Å². The zero-order valence-corrected chi connectivity index (χ0v) is 17.2. The minimum Gasteiger partial charge on any atom is -0.452 e. The molecule has 0 bridgehead atoms. The number of amides is 1. The summed E-state index contributed by atoms with van der Waals surface area (Å²) < 4.78 is 44.1. The van der Waals surface area contributed by atoms with Crippen LogP contribution in [0.1, 0.15) is 22.8 Å². The average molecular weight is 442 g/mol. The molecule has 0 aliphatic rings. The van der Waals surface area contributed by atoms with Crippen LogP contribution in [-0.4, -0.2) is 25.0 Å². The molecule has 5 nitrogen and oxygen atoms in total. The Labute approximate surface area is 183 Å². The van der Waals surface area contributed by atoms with Crippen LogP contribution in [-0.2, 0) is 15.7 Å². The van der Waals surface area contributed by atoms with Gasteiger partial charge >= 0.3 is 12.1 Å². The van der Waals surface area contributed by atoms with Crippen LogP contribution in [0.3, 0.4) is 0 Å². The Bertz CT molecular complexity index is 1090. The van der Waals surface area contributed by atoms with E-state index in [1.165, 1.54) is 23.1 Å². The van der Waals surface area contributed by atoms with Gasteiger partial charge < -0.3 is 15.0 Å². The van der Waals surface area contributed by atoms with Crippen molar-refractivity contribution in [2.24, 2.45) is 0 Å². The van der Waals surface area contributed by atoms with E-state index in [4.69, 9.17) is 4.74 Å². The number of carbonyl (C=O) groups is 2. The Balaban J connectivity index is 1.71. The second kappa shape index (κ2) is 10.00. The summed E-state index contributed by atoms with van der Waals surface area (Å²) in [4.78, 5) is 26.7. The lowest BCUT2D eigenvalue weighted by Gasteiger charge is -2.21. The maximum Gasteiger partial charge on any atom is 0.416 e. The normalized spacial score (nSPS) is 11.0. The predicted molar refractivity (Wildman–Crippen MR) is 116 cm³/mol. The van der Waals surface area contributed by atoms with Crippen molar-refractivity contribution in [3.8, 4) is 0 Å². The standard InChI is InChI=1S/C24H21F3N2O3/c1-2-29(19-11-4-3-5-12-19)22(30)16-32-23(31)20-13-6-7-14-21(20)28-18-10-8-9-17(15-18)24(25,26)27/h3-15,28H,2,16H2,1H3. The molecule has 0 heterocycles. The molecule has 3 rings (SSSR count). The van der Waals surface area contributed by atoms with Crippen LogP contribution in [0.4, 0.5) is 30.2 Å². The number of benzene rings is 3. The molecule has 0 radical (unpaired) electrons. The number of likely N-dealkylation sites (N-methyl/N-ethyl adjacent to an activating group) is 1.